The monoisotopic (exact) mass is 391 g/mol. The molecule has 0 fully saturated rings. The first-order valence-corrected chi connectivity index (χ1v) is 10.1. The average molecular weight is 391 g/mol. The number of hydrogen-bond donors (Lipinski definition) is 1. The van der Waals surface area contributed by atoms with Crippen molar-refractivity contribution in [3.05, 3.63) is 59.0 Å². The minimum atomic E-state index is -3.80. The molecular formula is C17H17N3O4S2. The van der Waals surface area contributed by atoms with E-state index in [0.29, 0.717) is 6.54 Å². The smallest absolute Gasteiger partial charge is 0.349 e. The predicted octanol–water partition coefficient (Wildman–Crippen LogP) is 2.38. The number of rotatable bonds is 7. The van der Waals surface area contributed by atoms with Crippen molar-refractivity contribution in [1.29, 1.82) is 0 Å². The number of methoxy groups -OCH3 is 1. The second kappa shape index (κ2) is 7.81. The summed E-state index contributed by atoms with van der Waals surface area (Å²) in [6, 6.07) is 11.2. The Labute approximate surface area is 155 Å². The maximum Gasteiger partial charge on any atom is 0.349 e. The highest BCUT2D eigenvalue weighted by atomic mass is 32.2. The molecule has 2 aromatic heterocycles. The van der Waals surface area contributed by atoms with Gasteiger partial charge in [-0.3, -0.25) is 4.68 Å². The lowest BCUT2D eigenvalue weighted by molar-refractivity contribution is 0.0602. The van der Waals surface area contributed by atoms with Crippen LogP contribution in [0.25, 0.3) is 11.1 Å². The van der Waals surface area contributed by atoms with Crippen LogP contribution in [0.3, 0.4) is 0 Å². The number of sulfonamides is 1. The normalized spacial score (nSPS) is 11.4. The minimum Gasteiger partial charge on any atom is -0.465 e. The summed E-state index contributed by atoms with van der Waals surface area (Å²) in [4.78, 5) is 11.6. The summed E-state index contributed by atoms with van der Waals surface area (Å²) < 4.78 is 33.6. The second-order valence-corrected chi connectivity index (χ2v) is 8.01. The Bertz CT molecular complexity index is 994. The van der Waals surface area contributed by atoms with Crippen LogP contribution in [0.5, 0.6) is 0 Å². The van der Waals surface area contributed by atoms with Crippen molar-refractivity contribution in [2.75, 3.05) is 13.7 Å². The molecule has 3 rings (SSSR count). The lowest BCUT2D eigenvalue weighted by Gasteiger charge is -2.07. The van der Waals surface area contributed by atoms with Crippen LogP contribution in [0.4, 0.5) is 0 Å². The number of ether oxygens (including phenoxy) is 1. The first kappa shape index (κ1) is 18.3. The van der Waals surface area contributed by atoms with Crippen LogP contribution in [0.2, 0.25) is 0 Å². The summed E-state index contributed by atoms with van der Waals surface area (Å²) in [6.07, 6.45) is 3.59. The fourth-order valence-corrected chi connectivity index (χ4v) is 4.74. The van der Waals surface area contributed by atoms with Gasteiger partial charge < -0.3 is 4.74 Å². The Morgan fingerprint density at radius 3 is 2.73 bits per heavy atom. The zero-order valence-corrected chi connectivity index (χ0v) is 15.6. The number of aromatic nitrogens is 2. The molecule has 2 heterocycles. The molecule has 0 unspecified atom stereocenters. The van der Waals surface area contributed by atoms with Gasteiger partial charge in [0, 0.05) is 18.3 Å². The third kappa shape index (κ3) is 4.01. The van der Waals surface area contributed by atoms with Gasteiger partial charge in [-0.2, -0.15) is 5.10 Å². The van der Waals surface area contributed by atoms with Crippen LogP contribution in [0, 0.1) is 0 Å². The van der Waals surface area contributed by atoms with Crippen LogP contribution in [0.1, 0.15) is 9.67 Å². The van der Waals surface area contributed by atoms with Gasteiger partial charge in [0.05, 0.1) is 19.9 Å². The lowest BCUT2D eigenvalue weighted by Crippen LogP contribution is -2.28. The van der Waals surface area contributed by atoms with E-state index < -0.39 is 16.0 Å². The topological polar surface area (TPSA) is 90.3 Å². The van der Waals surface area contributed by atoms with E-state index in [2.05, 4.69) is 14.6 Å². The molecule has 26 heavy (non-hydrogen) atoms. The van der Waals surface area contributed by atoms with Crippen molar-refractivity contribution in [2.45, 2.75) is 11.4 Å². The quantitative estimate of drug-likeness (QED) is 0.625. The third-order valence-electron chi connectivity index (χ3n) is 3.66. The zero-order chi connectivity index (χ0) is 18.6. The molecule has 1 N–H and O–H groups in total. The molecule has 0 aliphatic rings. The first-order valence-electron chi connectivity index (χ1n) is 7.74. The Morgan fingerprint density at radius 2 is 2.00 bits per heavy atom. The molecule has 136 valence electrons. The number of carbonyl (C=O) groups is 1. The van der Waals surface area contributed by atoms with E-state index in [9.17, 15) is 13.2 Å². The van der Waals surface area contributed by atoms with Gasteiger partial charge in [-0.1, -0.05) is 30.3 Å². The molecule has 0 bridgehead atoms. The molecule has 0 amide bonds. The summed E-state index contributed by atoms with van der Waals surface area (Å²) in [5, 5.41) is 5.79. The summed E-state index contributed by atoms with van der Waals surface area (Å²) >= 11 is 1.03. The molecule has 0 saturated carbocycles. The number of hydrogen-bond acceptors (Lipinski definition) is 6. The van der Waals surface area contributed by atoms with Gasteiger partial charge in [-0.15, -0.1) is 11.3 Å². The van der Waals surface area contributed by atoms with Crippen LogP contribution in [-0.2, 0) is 21.3 Å². The summed E-state index contributed by atoms with van der Waals surface area (Å²) in [5.41, 5.74) is 2.00. The van der Waals surface area contributed by atoms with Crippen molar-refractivity contribution in [1.82, 2.24) is 14.5 Å². The van der Waals surface area contributed by atoms with E-state index in [-0.39, 0.29) is 16.3 Å². The number of esters is 1. The first-order chi connectivity index (χ1) is 12.5. The molecule has 0 saturated heterocycles. The van der Waals surface area contributed by atoms with E-state index in [1.807, 2.05) is 36.5 Å². The third-order valence-corrected chi connectivity index (χ3v) is 6.19. The van der Waals surface area contributed by atoms with Crippen molar-refractivity contribution >= 4 is 27.3 Å². The number of carbonyl (C=O) groups excluding carboxylic acids is 1. The van der Waals surface area contributed by atoms with Crippen molar-refractivity contribution in [3.8, 4) is 11.1 Å². The fraction of sp³-hybridized carbons (Fsp3) is 0.176. The van der Waals surface area contributed by atoms with Gasteiger partial charge in [0.1, 0.15) is 9.77 Å². The van der Waals surface area contributed by atoms with Crippen molar-refractivity contribution in [2.24, 2.45) is 0 Å². The zero-order valence-electron chi connectivity index (χ0n) is 14.0. The molecule has 3 aromatic rings. The van der Waals surface area contributed by atoms with E-state index in [1.165, 1.54) is 13.2 Å². The Balaban J connectivity index is 1.64. The number of benzene rings is 1. The van der Waals surface area contributed by atoms with Gasteiger partial charge in [-0.25, -0.2) is 17.9 Å². The van der Waals surface area contributed by atoms with Gasteiger partial charge in [0.2, 0.25) is 10.0 Å². The van der Waals surface area contributed by atoms with E-state index in [4.69, 9.17) is 0 Å². The standard InChI is InChI=1S/C17H17N3O4S2/c1-24-17(21)16-15(7-10-25-16)26(22,23)19-8-9-20-12-14(11-18-20)13-5-3-2-4-6-13/h2-7,10-12,19H,8-9H2,1H3. The van der Waals surface area contributed by atoms with E-state index >= 15 is 0 Å². The molecule has 0 radical (unpaired) electrons. The predicted molar refractivity (Wildman–Crippen MR) is 98.5 cm³/mol. The molecule has 0 aliphatic carbocycles. The summed E-state index contributed by atoms with van der Waals surface area (Å²) in [6.45, 7) is 0.512. The molecule has 0 spiro atoms. The summed E-state index contributed by atoms with van der Waals surface area (Å²) in [7, 11) is -2.58. The molecule has 1 aromatic carbocycles. The van der Waals surface area contributed by atoms with Crippen LogP contribution < -0.4 is 4.72 Å². The molecule has 7 nitrogen and oxygen atoms in total. The highest BCUT2D eigenvalue weighted by molar-refractivity contribution is 7.89. The molecule has 0 atom stereocenters. The van der Waals surface area contributed by atoms with Gasteiger partial charge in [0.25, 0.3) is 0 Å². The number of nitrogens with zero attached hydrogens (tertiary/aromatic N) is 2. The minimum absolute atomic E-state index is 0.0606. The van der Waals surface area contributed by atoms with Crippen LogP contribution in [0.15, 0.2) is 59.1 Å². The Morgan fingerprint density at radius 1 is 1.23 bits per heavy atom. The van der Waals surface area contributed by atoms with Crippen LogP contribution >= 0.6 is 11.3 Å². The largest absolute Gasteiger partial charge is 0.465 e. The van der Waals surface area contributed by atoms with E-state index in [1.54, 1.807) is 16.3 Å². The lowest BCUT2D eigenvalue weighted by atomic mass is 10.1. The Kier molecular flexibility index (Phi) is 5.50. The highest BCUT2D eigenvalue weighted by Crippen LogP contribution is 2.22. The molecular weight excluding hydrogens is 374 g/mol. The Hall–Kier alpha value is -2.49. The van der Waals surface area contributed by atoms with Crippen LogP contribution in [-0.4, -0.2) is 37.8 Å². The SMILES string of the molecule is COC(=O)c1sccc1S(=O)(=O)NCCn1cc(-c2ccccc2)cn1. The maximum absolute atomic E-state index is 12.4. The van der Waals surface area contributed by atoms with Gasteiger partial charge >= 0.3 is 5.97 Å². The van der Waals surface area contributed by atoms with Crippen molar-refractivity contribution < 1.29 is 17.9 Å². The van der Waals surface area contributed by atoms with Crippen molar-refractivity contribution in [3.63, 3.8) is 0 Å². The summed E-state index contributed by atoms with van der Waals surface area (Å²) in [5.74, 6) is -0.667. The maximum atomic E-state index is 12.4. The number of thiophene rings is 1. The fourth-order valence-electron chi connectivity index (χ4n) is 2.39. The highest BCUT2D eigenvalue weighted by Gasteiger charge is 2.24. The molecule has 0 aliphatic heterocycles. The number of nitrogens with one attached hydrogen (secondary N) is 1. The average Bonchev–Trinajstić information content (AvgIpc) is 3.31. The van der Waals surface area contributed by atoms with E-state index in [0.717, 1.165) is 22.5 Å². The second-order valence-electron chi connectivity index (χ2n) is 5.36. The molecule has 9 heteroatoms. The van der Waals surface area contributed by atoms with Gasteiger partial charge in [0.15, 0.2) is 0 Å². The van der Waals surface area contributed by atoms with Gasteiger partial charge in [-0.05, 0) is 17.0 Å².